The average molecular weight is 256 g/mol. The molecule has 1 rings (SSSR count). The van der Waals surface area contributed by atoms with Gasteiger partial charge in [-0.25, -0.2) is 4.79 Å². The first-order valence-corrected chi connectivity index (χ1v) is 6.60. The Morgan fingerprint density at radius 2 is 1.89 bits per heavy atom. The van der Waals surface area contributed by atoms with Crippen LogP contribution in [-0.2, 0) is 9.59 Å². The van der Waals surface area contributed by atoms with Gasteiger partial charge in [0.1, 0.15) is 6.04 Å². The zero-order valence-corrected chi connectivity index (χ0v) is 11.5. The number of carboxylic acid groups (broad SMARTS) is 1. The minimum Gasteiger partial charge on any atom is -0.480 e. The Morgan fingerprint density at radius 3 is 2.33 bits per heavy atom. The second-order valence-electron chi connectivity index (χ2n) is 5.44. The molecule has 0 aromatic heterocycles. The number of aliphatic carboxylic acids is 1. The molecule has 0 aromatic carbocycles. The van der Waals surface area contributed by atoms with Crippen molar-refractivity contribution in [1.29, 1.82) is 0 Å². The Balaban J connectivity index is 2.47. The third-order valence-corrected chi connectivity index (χ3v) is 3.75. The molecule has 18 heavy (non-hydrogen) atoms. The molecule has 0 heterocycles. The van der Waals surface area contributed by atoms with Crippen LogP contribution >= 0.6 is 0 Å². The van der Waals surface area contributed by atoms with Gasteiger partial charge in [-0.15, -0.1) is 0 Å². The third-order valence-electron chi connectivity index (χ3n) is 3.75. The van der Waals surface area contributed by atoms with Crippen molar-refractivity contribution in [3.63, 3.8) is 0 Å². The van der Waals surface area contributed by atoms with Crippen molar-refractivity contribution in [3.8, 4) is 0 Å². The SMILES string of the molecule is CC(=O)NC(CN(C)C1CCC(C)CC1)C(=O)O. The fraction of sp³-hybridized carbons (Fsp3) is 0.846. The summed E-state index contributed by atoms with van der Waals surface area (Å²) in [6.45, 7) is 3.97. The molecule has 0 bridgehead atoms. The zero-order valence-electron chi connectivity index (χ0n) is 11.5. The highest BCUT2D eigenvalue weighted by Gasteiger charge is 2.26. The molecule has 1 unspecified atom stereocenters. The molecule has 0 radical (unpaired) electrons. The summed E-state index contributed by atoms with van der Waals surface area (Å²) in [5.74, 6) is -0.491. The summed E-state index contributed by atoms with van der Waals surface area (Å²) in [6, 6.07) is -0.372. The van der Waals surface area contributed by atoms with Gasteiger partial charge in [0.2, 0.25) is 5.91 Å². The maximum absolute atomic E-state index is 11.1. The predicted octanol–water partition coefficient (Wildman–Crippen LogP) is 1.09. The van der Waals surface area contributed by atoms with Crippen molar-refractivity contribution in [2.75, 3.05) is 13.6 Å². The summed E-state index contributed by atoms with van der Waals surface area (Å²) in [5.41, 5.74) is 0. The molecule has 2 N–H and O–H groups in total. The second-order valence-corrected chi connectivity index (χ2v) is 5.44. The van der Waals surface area contributed by atoms with Crippen LogP contribution in [0.1, 0.15) is 39.5 Å². The van der Waals surface area contributed by atoms with Crippen LogP contribution in [-0.4, -0.2) is 47.6 Å². The van der Waals surface area contributed by atoms with Gasteiger partial charge in [-0.2, -0.15) is 0 Å². The van der Waals surface area contributed by atoms with Gasteiger partial charge in [0.15, 0.2) is 0 Å². The lowest BCUT2D eigenvalue weighted by Gasteiger charge is -2.34. The summed E-state index contributed by atoms with van der Waals surface area (Å²) in [7, 11) is 1.94. The first-order valence-electron chi connectivity index (χ1n) is 6.60. The molecule has 0 aromatic rings. The highest BCUT2D eigenvalue weighted by atomic mass is 16.4. The molecular weight excluding hydrogens is 232 g/mol. The third kappa shape index (κ3) is 4.64. The number of rotatable bonds is 5. The molecule has 1 amide bonds. The van der Waals surface area contributed by atoms with Crippen LogP contribution < -0.4 is 5.32 Å². The number of amides is 1. The van der Waals surface area contributed by atoms with Crippen molar-refractivity contribution in [2.24, 2.45) is 5.92 Å². The zero-order chi connectivity index (χ0) is 13.7. The number of nitrogens with one attached hydrogen (secondary N) is 1. The predicted molar refractivity (Wildman–Crippen MR) is 69.3 cm³/mol. The number of carboxylic acids is 1. The van der Waals surface area contributed by atoms with Crippen LogP contribution in [0.5, 0.6) is 0 Å². The lowest BCUT2D eigenvalue weighted by molar-refractivity contribution is -0.142. The monoisotopic (exact) mass is 256 g/mol. The quantitative estimate of drug-likeness (QED) is 0.772. The number of hydrogen-bond donors (Lipinski definition) is 2. The van der Waals surface area contributed by atoms with Gasteiger partial charge in [-0.3, -0.25) is 4.79 Å². The molecule has 0 spiro atoms. The Labute approximate surface area is 109 Å². The molecule has 5 nitrogen and oxygen atoms in total. The lowest BCUT2D eigenvalue weighted by Crippen LogP contribution is -2.49. The van der Waals surface area contributed by atoms with Crippen LogP contribution in [0, 0.1) is 5.92 Å². The highest BCUT2D eigenvalue weighted by Crippen LogP contribution is 2.26. The summed E-state index contributed by atoms with van der Waals surface area (Å²) < 4.78 is 0. The standard InChI is InChI=1S/C13H24N2O3/c1-9-4-6-11(7-5-9)15(3)8-12(13(17)18)14-10(2)16/h9,11-12H,4-8H2,1-3H3,(H,14,16)(H,17,18). The van der Waals surface area contributed by atoms with Gasteiger partial charge in [0, 0.05) is 19.5 Å². The Morgan fingerprint density at radius 1 is 1.33 bits per heavy atom. The van der Waals surface area contributed by atoms with Crippen LogP contribution in [0.4, 0.5) is 0 Å². The largest absolute Gasteiger partial charge is 0.480 e. The minimum atomic E-state index is -0.971. The van der Waals surface area contributed by atoms with Crippen LogP contribution in [0.2, 0.25) is 0 Å². The number of carbonyl (C=O) groups excluding carboxylic acids is 1. The smallest absolute Gasteiger partial charge is 0.327 e. The molecule has 1 aliphatic rings. The summed E-state index contributed by atoms with van der Waals surface area (Å²) in [5, 5.41) is 11.5. The Bertz CT molecular complexity index is 299. The molecule has 104 valence electrons. The summed E-state index contributed by atoms with van der Waals surface area (Å²) in [4.78, 5) is 24.1. The molecule has 0 saturated heterocycles. The van der Waals surface area contributed by atoms with Gasteiger partial charge in [-0.05, 0) is 38.6 Å². The topological polar surface area (TPSA) is 69.6 Å². The van der Waals surface area contributed by atoms with E-state index < -0.39 is 12.0 Å². The van der Waals surface area contributed by atoms with E-state index in [-0.39, 0.29) is 5.91 Å². The fourth-order valence-corrected chi connectivity index (χ4v) is 2.55. The van der Waals surface area contributed by atoms with E-state index in [9.17, 15) is 9.59 Å². The van der Waals surface area contributed by atoms with Crippen molar-refractivity contribution in [3.05, 3.63) is 0 Å². The molecule has 1 saturated carbocycles. The van der Waals surface area contributed by atoms with E-state index in [0.29, 0.717) is 12.6 Å². The van der Waals surface area contributed by atoms with E-state index in [4.69, 9.17) is 5.11 Å². The first kappa shape index (κ1) is 15.0. The fourth-order valence-electron chi connectivity index (χ4n) is 2.55. The highest BCUT2D eigenvalue weighted by molar-refractivity contribution is 5.82. The maximum Gasteiger partial charge on any atom is 0.327 e. The van der Waals surface area contributed by atoms with E-state index >= 15 is 0 Å². The van der Waals surface area contributed by atoms with E-state index in [1.54, 1.807) is 0 Å². The van der Waals surface area contributed by atoms with Crippen LogP contribution in [0.15, 0.2) is 0 Å². The van der Waals surface area contributed by atoms with Crippen molar-refractivity contribution in [1.82, 2.24) is 10.2 Å². The molecule has 5 heteroatoms. The van der Waals surface area contributed by atoms with Gasteiger partial charge in [0.05, 0.1) is 0 Å². The summed E-state index contributed by atoms with van der Waals surface area (Å²) in [6.07, 6.45) is 4.63. The van der Waals surface area contributed by atoms with Crippen molar-refractivity contribution < 1.29 is 14.7 Å². The van der Waals surface area contributed by atoms with Crippen LogP contribution in [0.3, 0.4) is 0 Å². The first-order chi connectivity index (χ1) is 8.40. The molecule has 1 aliphatic carbocycles. The average Bonchev–Trinajstić information content (AvgIpc) is 2.28. The number of nitrogens with zero attached hydrogens (tertiary/aromatic N) is 1. The second kappa shape index (κ2) is 6.73. The molecule has 0 aliphatic heterocycles. The normalized spacial score (nSPS) is 25.8. The van der Waals surface area contributed by atoms with E-state index in [2.05, 4.69) is 17.1 Å². The molecule has 1 atom stereocenters. The Kier molecular flexibility index (Phi) is 5.59. The van der Waals surface area contributed by atoms with Gasteiger partial charge >= 0.3 is 5.97 Å². The molecular formula is C13H24N2O3. The minimum absolute atomic E-state index is 0.298. The maximum atomic E-state index is 11.1. The Hall–Kier alpha value is -1.10. The van der Waals surface area contributed by atoms with Crippen molar-refractivity contribution in [2.45, 2.75) is 51.6 Å². The van der Waals surface area contributed by atoms with Crippen molar-refractivity contribution >= 4 is 11.9 Å². The van der Waals surface area contributed by atoms with E-state index in [0.717, 1.165) is 18.8 Å². The summed E-state index contributed by atoms with van der Waals surface area (Å²) >= 11 is 0. The number of likely N-dealkylation sites (N-methyl/N-ethyl adjacent to an activating group) is 1. The lowest BCUT2D eigenvalue weighted by atomic mass is 9.86. The van der Waals surface area contributed by atoms with Crippen LogP contribution in [0.25, 0.3) is 0 Å². The van der Waals surface area contributed by atoms with Gasteiger partial charge < -0.3 is 15.3 Å². The number of hydrogen-bond acceptors (Lipinski definition) is 3. The number of carbonyl (C=O) groups is 2. The molecule has 1 fully saturated rings. The van der Waals surface area contributed by atoms with E-state index in [1.165, 1.54) is 19.8 Å². The van der Waals surface area contributed by atoms with Gasteiger partial charge in [0.25, 0.3) is 0 Å². The van der Waals surface area contributed by atoms with Gasteiger partial charge in [-0.1, -0.05) is 6.92 Å². The van der Waals surface area contributed by atoms with E-state index in [1.807, 2.05) is 7.05 Å².